The molecule has 1 atom stereocenters. The molecule has 1 N–H and O–H groups in total. The second kappa shape index (κ2) is 8.15. The van der Waals surface area contributed by atoms with Crippen LogP contribution in [0.2, 0.25) is 0 Å². The van der Waals surface area contributed by atoms with Gasteiger partial charge < -0.3 is 10.2 Å². The third-order valence-corrected chi connectivity index (χ3v) is 4.90. The second-order valence-corrected chi connectivity index (χ2v) is 6.34. The zero-order valence-corrected chi connectivity index (χ0v) is 13.2. The standard InChI is InChI=1S/C15H24N4S/c1-3-14-12-19(9-10-20-14)15(16-2)18-8-6-13-5-4-7-17-11-13/h4-5,7,11,14H,3,6,8-10,12H2,1-2H3,(H,16,18). The summed E-state index contributed by atoms with van der Waals surface area (Å²) in [6, 6.07) is 4.10. The van der Waals surface area contributed by atoms with Gasteiger partial charge in [0.15, 0.2) is 5.96 Å². The highest BCUT2D eigenvalue weighted by molar-refractivity contribution is 8.00. The molecule has 1 saturated heterocycles. The molecule has 0 radical (unpaired) electrons. The summed E-state index contributed by atoms with van der Waals surface area (Å²) < 4.78 is 0. The summed E-state index contributed by atoms with van der Waals surface area (Å²) in [5.41, 5.74) is 1.26. The molecule has 0 spiro atoms. The van der Waals surface area contributed by atoms with Crippen molar-refractivity contribution in [2.75, 3.05) is 32.4 Å². The van der Waals surface area contributed by atoms with Crippen molar-refractivity contribution in [3.63, 3.8) is 0 Å². The smallest absolute Gasteiger partial charge is 0.193 e. The van der Waals surface area contributed by atoms with Crippen molar-refractivity contribution in [2.45, 2.75) is 25.0 Å². The van der Waals surface area contributed by atoms with Gasteiger partial charge in [0.05, 0.1) is 0 Å². The Bertz CT molecular complexity index is 421. The van der Waals surface area contributed by atoms with Gasteiger partial charge in [-0.05, 0) is 24.5 Å². The molecule has 1 aliphatic heterocycles. The van der Waals surface area contributed by atoms with Gasteiger partial charge in [-0.3, -0.25) is 9.98 Å². The van der Waals surface area contributed by atoms with E-state index in [0.29, 0.717) is 0 Å². The van der Waals surface area contributed by atoms with Crippen molar-refractivity contribution in [1.29, 1.82) is 0 Å². The molecule has 0 bridgehead atoms. The predicted molar refractivity (Wildman–Crippen MR) is 87.4 cm³/mol. The Morgan fingerprint density at radius 1 is 1.60 bits per heavy atom. The number of guanidine groups is 1. The molecule has 0 amide bonds. The van der Waals surface area contributed by atoms with Crippen molar-refractivity contribution in [3.05, 3.63) is 30.1 Å². The Hall–Kier alpha value is -1.23. The maximum absolute atomic E-state index is 4.42. The number of aromatic nitrogens is 1. The third kappa shape index (κ3) is 4.40. The van der Waals surface area contributed by atoms with Crippen LogP contribution in [0.15, 0.2) is 29.5 Å². The molecule has 20 heavy (non-hydrogen) atoms. The van der Waals surface area contributed by atoms with Crippen LogP contribution in [-0.2, 0) is 6.42 Å². The Morgan fingerprint density at radius 2 is 2.50 bits per heavy atom. The van der Waals surface area contributed by atoms with E-state index < -0.39 is 0 Å². The van der Waals surface area contributed by atoms with Crippen LogP contribution in [0.25, 0.3) is 0 Å². The number of thioether (sulfide) groups is 1. The highest BCUT2D eigenvalue weighted by Crippen LogP contribution is 2.20. The van der Waals surface area contributed by atoms with Crippen molar-refractivity contribution in [1.82, 2.24) is 15.2 Å². The lowest BCUT2D eigenvalue weighted by Gasteiger charge is -2.34. The van der Waals surface area contributed by atoms with Crippen molar-refractivity contribution in [3.8, 4) is 0 Å². The number of rotatable bonds is 4. The number of hydrogen-bond acceptors (Lipinski definition) is 3. The van der Waals surface area contributed by atoms with Crippen LogP contribution in [0.5, 0.6) is 0 Å². The molecule has 1 aromatic heterocycles. The summed E-state index contributed by atoms with van der Waals surface area (Å²) in [7, 11) is 1.87. The molecule has 1 fully saturated rings. The van der Waals surface area contributed by atoms with Gasteiger partial charge in [-0.1, -0.05) is 13.0 Å². The summed E-state index contributed by atoms with van der Waals surface area (Å²) in [4.78, 5) is 10.9. The van der Waals surface area contributed by atoms with Gasteiger partial charge in [0.1, 0.15) is 0 Å². The van der Waals surface area contributed by atoms with E-state index in [0.717, 1.165) is 37.3 Å². The van der Waals surface area contributed by atoms with Crippen molar-refractivity contribution < 1.29 is 0 Å². The molecule has 0 saturated carbocycles. The molecular weight excluding hydrogens is 268 g/mol. The number of nitrogens with one attached hydrogen (secondary N) is 1. The molecule has 2 heterocycles. The van der Waals surface area contributed by atoms with Crippen LogP contribution < -0.4 is 5.32 Å². The highest BCUT2D eigenvalue weighted by atomic mass is 32.2. The molecule has 1 unspecified atom stereocenters. The largest absolute Gasteiger partial charge is 0.356 e. The first kappa shape index (κ1) is 15.2. The Balaban J connectivity index is 1.80. The fourth-order valence-electron chi connectivity index (χ4n) is 2.36. The van der Waals surface area contributed by atoms with E-state index >= 15 is 0 Å². The van der Waals surface area contributed by atoms with E-state index in [-0.39, 0.29) is 0 Å². The fraction of sp³-hybridized carbons (Fsp3) is 0.600. The molecule has 5 heteroatoms. The zero-order chi connectivity index (χ0) is 14.2. The average Bonchev–Trinajstić information content (AvgIpc) is 2.52. The normalized spacial score (nSPS) is 20.0. The maximum Gasteiger partial charge on any atom is 0.193 e. The first-order valence-corrected chi connectivity index (χ1v) is 8.34. The zero-order valence-electron chi connectivity index (χ0n) is 12.4. The SMILES string of the molecule is CCC1CN(C(=NC)NCCc2cccnc2)CCS1. The minimum atomic E-state index is 0.737. The summed E-state index contributed by atoms with van der Waals surface area (Å²) in [5, 5.41) is 4.21. The molecule has 2 rings (SSSR count). The van der Waals surface area contributed by atoms with Crippen LogP contribution in [0.1, 0.15) is 18.9 Å². The average molecular weight is 292 g/mol. The Kier molecular flexibility index (Phi) is 6.18. The number of hydrogen-bond donors (Lipinski definition) is 1. The number of pyridine rings is 1. The van der Waals surface area contributed by atoms with E-state index in [2.05, 4.69) is 44.9 Å². The molecule has 1 aromatic rings. The number of aliphatic imine (C=N–C) groups is 1. The van der Waals surface area contributed by atoms with Crippen LogP contribution in [-0.4, -0.2) is 53.5 Å². The number of nitrogens with zero attached hydrogens (tertiary/aromatic N) is 3. The van der Waals surface area contributed by atoms with E-state index in [1.807, 2.05) is 25.5 Å². The van der Waals surface area contributed by atoms with Crippen LogP contribution in [0.4, 0.5) is 0 Å². The van der Waals surface area contributed by atoms with E-state index in [9.17, 15) is 0 Å². The lowest BCUT2D eigenvalue weighted by Crippen LogP contribution is -2.48. The summed E-state index contributed by atoms with van der Waals surface area (Å²) >= 11 is 2.08. The minimum Gasteiger partial charge on any atom is -0.356 e. The fourth-order valence-corrected chi connectivity index (χ4v) is 3.54. The van der Waals surface area contributed by atoms with Crippen LogP contribution in [0, 0.1) is 0 Å². The van der Waals surface area contributed by atoms with Crippen LogP contribution in [0.3, 0.4) is 0 Å². The van der Waals surface area contributed by atoms with Crippen LogP contribution >= 0.6 is 11.8 Å². The summed E-state index contributed by atoms with van der Waals surface area (Å²) in [5.74, 6) is 2.23. The lowest BCUT2D eigenvalue weighted by molar-refractivity contribution is 0.408. The highest BCUT2D eigenvalue weighted by Gasteiger charge is 2.21. The summed E-state index contributed by atoms with van der Waals surface area (Å²) in [6.45, 7) is 5.36. The third-order valence-electron chi connectivity index (χ3n) is 3.53. The molecule has 1 aliphatic rings. The Morgan fingerprint density at radius 3 is 3.20 bits per heavy atom. The first-order chi connectivity index (χ1) is 9.83. The van der Waals surface area contributed by atoms with E-state index in [1.54, 1.807) is 0 Å². The molecule has 0 aliphatic carbocycles. The Labute approximate surface area is 126 Å². The van der Waals surface area contributed by atoms with Crippen molar-refractivity contribution >= 4 is 17.7 Å². The topological polar surface area (TPSA) is 40.5 Å². The van der Waals surface area contributed by atoms with E-state index in [4.69, 9.17) is 0 Å². The molecule has 0 aromatic carbocycles. The minimum absolute atomic E-state index is 0.737. The van der Waals surface area contributed by atoms with Gasteiger partial charge in [-0.2, -0.15) is 11.8 Å². The monoisotopic (exact) mass is 292 g/mol. The lowest BCUT2D eigenvalue weighted by atomic mass is 10.2. The van der Waals surface area contributed by atoms with E-state index in [1.165, 1.54) is 17.7 Å². The maximum atomic E-state index is 4.42. The quantitative estimate of drug-likeness (QED) is 0.681. The van der Waals surface area contributed by atoms with Gasteiger partial charge >= 0.3 is 0 Å². The van der Waals surface area contributed by atoms with Gasteiger partial charge in [0.25, 0.3) is 0 Å². The summed E-state index contributed by atoms with van der Waals surface area (Å²) in [6.07, 6.45) is 5.95. The molecule has 4 nitrogen and oxygen atoms in total. The molecule has 110 valence electrons. The van der Waals surface area contributed by atoms with Gasteiger partial charge in [0.2, 0.25) is 0 Å². The van der Waals surface area contributed by atoms with Gasteiger partial charge in [0, 0.05) is 50.1 Å². The first-order valence-electron chi connectivity index (χ1n) is 7.29. The van der Waals surface area contributed by atoms with Crippen molar-refractivity contribution in [2.24, 2.45) is 4.99 Å². The predicted octanol–water partition coefficient (Wildman–Crippen LogP) is 2.03. The van der Waals surface area contributed by atoms with Gasteiger partial charge in [-0.25, -0.2) is 0 Å². The molecular formula is C15H24N4S. The second-order valence-electron chi connectivity index (χ2n) is 4.93. The van der Waals surface area contributed by atoms with Gasteiger partial charge in [-0.15, -0.1) is 0 Å².